The third kappa shape index (κ3) is 4.19. The highest BCUT2D eigenvalue weighted by molar-refractivity contribution is 8.03. The van der Waals surface area contributed by atoms with E-state index in [4.69, 9.17) is 9.83 Å². The molecule has 2 unspecified atom stereocenters. The Morgan fingerprint density at radius 1 is 1.50 bits per heavy atom. The molecule has 2 heterocycles. The Morgan fingerprint density at radius 2 is 2.35 bits per heavy atom. The lowest BCUT2D eigenvalue weighted by Gasteiger charge is -2.34. The van der Waals surface area contributed by atoms with Gasteiger partial charge in [0.05, 0.1) is 4.91 Å². The number of aliphatic imine (C=N–C) groups is 1. The number of piperidine rings is 1. The molecule has 0 aliphatic carbocycles. The lowest BCUT2D eigenvalue weighted by molar-refractivity contribution is -0.129. The maximum absolute atomic E-state index is 12.7. The molecule has 0 spiro atoms. The van der Waals surface area contributed by atoms with Crippen LogP contribution in [0, 0.1) is 12.8 Å². The lowest BCUT2D eigenvalue weighted by atomic mass is 9.96. The van der Waals surface area contributed by atoms with Crippen LogP contribution < -0.4 is 5.48 Å². The van der Waals surface area contributed by atoms with Gasteiger partial charge in [0.2, 0.25) is 0 Å². The molecular formula is C20H25N3O2S. The van der Waals surface area contributed by atoms with Crippen molar-refractivity contribution >= 4 is 23.5 Å². The number of amidine groups is 1. The third-order valence-electron chi connectivity index (χ3n) is 4.67. The van der Waals surface area contributed by atoms with Crippen molar-refractivity contribution in [2.24, 2.45) is 10.9 Å². The summed E-state index contributed by atoms with van der Waals surface area (Å²) in [6.07, 6.45) is 7.05. The number of hydrogen-bond acceptors (Lipinski definition) is 5. The van der Waals surface area contributed by atoms with Gasteiger partial charge < -0.3 is 4.90 Å². The Kier molecular flexibility index (Phi) is 6.16. The van der Waals surface area contributed by atoms with Crippen molar-refractivity contribution < 1.29 is 9.63 Å². The Morgan fingerprint density at radius 3 is 3.08 bits per heavy atom. The van der Waals surface area contributed by atoms with Crippen LogP contribution in [-0.4, -0.2) is 42.2 Å². The third-order valence-corrected chi connectivity index (χ3v) is 5.42. The largest absolute Gasteiger partial charge is 0.338 e. The van der Waals surface area contributed by atoms with E-state index >= 15 is 0 Å². The monoisotopic (exact) mass is 371 g/mol. The molecule has 1 aromatic carbocycles. The topological polar surface area (TPSA) is 53.9 Å². The van der Waals surface area contributed by atoms with Gasteiger partial charge in [-0.2, -0.15) is 0 Å². The molecule has 6 heteroatoms. The Balaban J connectivity index is 1.69. The molecule has 0 radical (unpaired) electrons. The van der Waals surface area contributed by atoms with Gasteiger partial charge in [-0.1, -0.05) is 36.4 Å². The normalized spacial score (nSPS) is 23.4. The van der Waals surface area contributed by atoms with Gasteiger partial charge >= 0.3 is 0 Å². The molecule has 1 N–H and O–H groups in total. The zero-order valence-electron chi connectivity index (χ0n) is 15.3. The van der Waals surface area contributed by atoms with E-state index in [0.717, 1.165) is 35.7 Å². The first-order valence-corrected chi connectivity index (χ1v) is 10.1. The summed E-state index contributed by atoms with van der Waals surface area (Å²) in [4.78, 5) is 25.8. The first kappa shape index (κ1) is 18.7. The predicted molar refractivity (Wildman–Crippen MR) is 107 cm³/mol. The second kappa shape index (κ2) is 8.56. The van der Waals surface area contributed by atoms with Crippen LogP contribution in [0.4, 0.5) is 0 Å². The second-order valence-electron chi connectivity index (χ2n) is 6.58. The van der Waals surface area contributed by atoms with Crippen molar-refractivity contribution in [1.82, 2.24) is 10.4 Å². The molecule has 2 aliphatic rings. The van der Waals surface area contributed by atoms with Crippen molar-refractivity contribution in [3.63, 3.8) is 0 Å². The van der Waals surface area contributed by atoms with E-state index in [1.165, 1.54) is 17.3 Å². The summed E-state index contributed by atoms with van der Waals surface area (Å²) in [6.45, 7) is 7.18. The van der Waals surface area contributed by atoms with Crippen LogP contribution in [0.25, 0.3) is 0 Å². The van der Waals surface area contributed by atoms with Crippen LogP contribution in [0.3, 0.4) is 0 Å². The number of carbonyl (C=O) groups is 1. The second-order valence-corrected chi connectivity index (χ2v) is 7.43. The number of aryl methyl sites for hydroxylation is 1. The number of amides is 1. The highest BCUT2D eigenvalue weighted by Gasteiger charge is 2.34. The Bertz CT molecular complexity index is 744. The number of rotatable bonds is 5. The van der Waals surface area contributed by atoms with Crippen molar-refractivity contribution in [3.8, 4) is 0 Å². The maximum atomic E-state index is 12.7. The maximum Gasteiger partial charge on any atom is 0.260 e. The van der Waals surface area contributed by atoms with Crippen molar-refractivity contribution in [1.29, 1.82) is 0 Å². The molecule has 1 saturated heterocycles. The summed E-state index contributed by atoms with van der Waals surface area (Å²) in [5.74, 6) is 1.02. The SMILES string of the molecule is C=C/C=C(\SC)C(=O)N1CCCC(C2N=C(c3cccc(C)c3)NO2)C1. The van der Waals surface area contributed by atoms with E-state index in [0.29, 0.717) is 6.54 Å². The minimum atomic E-state index is -0.262. The van der Waals surface area contributed by atoms with Gasteiger partial charge in [-0.25, -0.2) is 15.3 Å². The van der Waals surface area contributed by atoms with E-state index in [1.807, 2.05) is 23.3 Å². The number of hydrogen-bond donors (Lipinski definition) is 1. The first-order chi connectivity index (χ1) is 12.6. The van der Waals surface area contributed by atoms with E-state index in [-0.39, 0.29) is 18.1 Å². The first-order valence-electron chi connectivity index (χ1n) is 8.85. The van der Waals surface area contributed by atoms with Crippen LogP contribution >= 0.6 is 11.8 Å². The fourth-order valence-corrected chi connectivity index (χ4v) is 3.88. The smallest absolute Gasteiger partial charge is 0.260 e. The molecule has 1 aromatic rings. The average Bonchev–Trinajstić information content (AvgIpc) is 3.16. The molecule has 5 nitrogen and oxygen atoms in total. The molecule has 1 amide bonds. The van der Waals surface area contributed by atoms with Crippen LogP contribution in [0.2, 0.25) is 0 Å². The van der Waals surface area contributed by atoms with Gasteiger partial charge in [-0.15, -0.1) is 11.8 Å². The minimum absolute atomic E-state index is 0.0657. The molecule has 0 aromatic heterocycles. The number of nitrogens with one attached hydrogen (secondary N) is 1. The molecule has 0 saturated carbocycles. The van der Waals surface area contributed by atoms with Gasteiger partial charge in [0, 0.05) is 24.6 Å². The van der Waals surface area contributed by atoms with Crippen LogP contribution in [-0.2, 0) is 9.63 Å². The number of thioether (sulfide) groups is 1. The van der Waals surface area contributed by atoms with Crippen LogP contribution in [0.15, 0.2) is 52.9 Å². The standard InChI is InChI=1S/C20H25N3O2S/c1-4-7-17(26-3)20(24)23-11-6-10-16(13-23)19-21-18(22-25-19)15-9-5-8-14(2)12-15/h4-5,7-9,12,16,19H,1,6,10-11,13H2,2-3H3,(H,21,22)/b17-7-. The Labute approximate surface area is 159 Å². The van der Waals surface area contributed by atoms with E-state index in [2.05, 4.69) is 31.1 Å². The zero-order chi connectivity index (χ0) is 18.5. The van der Waals surface area contributed by atoms with Gasteiger partial charge in [0.1, 0.15) is 0 Å². The number of likely N-dealkylation sites (tertiary alicyclic amines) is 1. The van der Waals surface area contributed by atoms with E-state index < -0.39 is 0 Å². The molecule has 3 rings (SSSR count). The highest BCUT2D eigenvalue weighted by Crippen LogP contribution is 2.27. The van der Waals surface area contributed by atoms with Gasteiger partial charge in [0.25, 0.3) is 5.91 Å². The molecule has 138 valence electrons. The molecule has 0 bridgehead atoms. The summed E-state index contributed by atoms with van der Waals surface area (Å²) in [5.41, 5.74) is 5.17. The number of hydroxylamine groups is 1. The highest BCUT2D eigenvalue weighted by atomic mass is 32.2. The summed E-state index contributed by atoms with van der Waals surface area (Å²) >= 11 is 1.46. The quantitative estimate of drug-likeness (QED) is 0.638. The average molecular weight is 372 g/mol. The van der Waals surface area contributed by atoms with Gasteiger partial charge in [-0.05, 0) is 38.2 Å². The van der Waals surface area contributed by atoms with Crippen molar-refractivity contribution in [2.45, 2.75) is 26.0 Å². The van der Waals surface area contributed by atoms with Gasteiger partial charge in [0.15, 0.2) is 12.1 Å². The number of carbonyl (C=O) groups excluding carboxylic acids is 1. The summed E-state index contributed by atoms with van der Waals surface area (Å²) in [6, 6.07) is 8.17. The fraction of sp³-hybridized carbons (Fsp3) is 0.400. The molecule has 2 aliphatic heterocycles. The Hall–Kier alpha value is -2.05. The summed E-state index contributed by atoms with van der Waals surface area (Å²) < 4.78 is 0. The van der Waals surface area contributed by atoms with Crippen molar-refractivity contribution in [3.05, 3.63) is 59.0 Å². The zero-order valence-corrected chi connectivity index (χ0v) is 16.1. The summed E-state index contributed by atoms with van der Waals surface area (Å²) in [7, 11) is 0. The van der Waals surface area contributed by atoms with Crippen molar-refractivity contribution in [2.75, 3.05) is 19.3 Å². The molecular weight excluding hydrogens is 346 g/mol. The molecule has 1 fully saturated rings. The van der Waals surface area contributed by atoms with Gasteiger partial charge in [-0.3, -0.25) is 4.79 Å². The minimum Gasteiger partial charge on any atom is -0.338 e. The van der Waals surface area contributed by atoms with E-state index in [9.17, 15) is 4.79 Å². The fourth-order valence-electron chi connectivity index (χ4n) is 3.34. The lowest BCUT2D eigenvalue weighted by Crippen LogP contribution is -2.43. The number of nitrogens with zero attached hydrogens (tertiary/aromatic N) is 2. The van der Waals surface area contributed by atoms with Crippen LogP contribution in [0.5, 0.6) is 0 Å². The molecule has 2 atom stereocenters. The molecule has 26 heavy (non-hydrogen) atoms. The van der Waals surface area contributed by atoms with Crippen LogP contribution in [0.1, 0.15) is 24.0 Å². The van der Waals surface area contributed by atoms with E-state index in [1.54, 1.807) is 12.2 Å². The number of benzene rings is 1. The summed E-state index contributed by atoms with van der Waals surface area (Å²) in [5, 5.41) is 0. The predicted octanol–water partition coefficient (Wildman–Crippen LogP) is 3.27. The number of allylic oxidation sites excluding steroid dienone is 2.